The van der Waals surface area contributed by atoms with Gasteiger partial charge in [-0.05, 0) is 52.8 Å². The fraction of sp³-hybridized carbons (Fsp3) is 0.0385. The molecule has 0 aliphatic carbocycles. The van der Waals surface area contributed by atoms with Crippen molar-refractivity contribution in [1.29, 1.82) is 0 Å². The van der Waals surface area contributed by atoms with Crippen LogP contribution >= 0.6 is 12.2 Å². The van der Waals surface area contributed by atoms with Crippen LogP contribution in [0, 0.1) is 10.1 Å². The molecule has 0 aliphatic rings. The lowest BCUT2D eigenvalue weighted by Crippen LogP contribution is -2.16. The highest BCUT2D eigenvalue weighted by atomic mass is 32.2. The number of azo groups is 1. The first kappa shape index (κ1) is 25.9. The molecule has 0 spiro atoms. The minimum Gasteiger partial charge on any atom is -0.493 e. The summed E-state index contributed by atoms with van der Waals surface area (Å²) in [4.78, 5) is 10.7. The van der Waals surface area contributed by atoms with Crippen LogP contribution in [0.5, 0.6) is 5.88 Å². The number of thiocarbonyl (C=S) groups is 1. The van der Waals surface area contributed by atoms with E-state index in [1.165, 1.54) is 36.4 Å². The zero-order valence-electron chi connectivity index (χ0n) is 20.1. The number of aromatic nitrogens is 1. The Balaban J connectivity index is 1.53. The molecular weight excluding hydrogens is 540 g/mol. The van der Waals surface area contributed by atoms with E-state index in [4.69, 9.17) is 17.4 Å². The Morgan fingerprint density at radius 2 is 1.74 bits per heavy atom. The smallest absolute Gasteiger partial charge is 0.270 e. The molecule has 196 valence electrons. The number of nitro benzene ring substituents is 1. The number of fused-ring (bicyclic) bond motifs is 2. The summed E-state index contributed by atoms with van der Waals surface area (Å²) in [5.41, 5.74) is 1.27. The monoisotopic (exact) mass is 560 g/mol. The van der Waals surface area contributed by atoms with E-state index >= 15 is 0 Å². The van der Waals surface area contributed by atoms with E-state index in [9.17, 15) is 23.6 Å². The Morgan fingerprint density at radius 3 is 2.49 bits per heavy atom. The van der Waals surface area contributed by atoms with Gasteiger partial charge in [0.05, 0.1) is 22.7 Å². The van der Waals surface area contributed by atoms with E-state index in [-0.39, 0.29) is 39.5 Å². The predicted molar refractivity (Wildman–Crippen MR) is 152 cm³/mol. The van der Waals surface area contributed by atoms with Crippen LogP contribution in [0.2, 0.25) is 0 Å². The van der Waals surface area contributed by atoms with Gasteiger partial charge in [-0.2, -0.15) is 0 Å². The number of nitro groups is 1. The van der Waals surface area contributed by atoms with Crippen LogP contribution < -0.4 is 10.5 Å². The molecule has 0 saturated carbocycles. The molecule has 39 heavy (non-hydrogen) atoms. The average molecular weight is 561 g/mol. The number of sulfonamides is 1. The summed E-state index contributed by atoms with van der Waals surface area (Å²) in [6.07, 6.45) is 0. The number of benzene rings is 4. The molecule has 5 rings (SSSR count). The third-order valence-corrected chi connectivity index (χ3v) is 7.19. The van der Waals surface area contributed by atoms with Crippen molar-refractivity contribution in [2.45, 2.75) is 11.4 Å². The van der Waals surface area contributed by atoms with Crippen molar-refractivity contribution < 1.29 is 18.4 Å². The highest BCUT2D eigenvalue weighted by Gasteiger charge is 2.21. The topological polar surface area (TPSA) is 165 Å². The van der Waals surface area contributed by atoms with E-state index in [0.29, 0.717) is 10.9 Å². The van der Waals surface area contributed by atoms with Gasteiger partial charge in [-0.15, -0.1) is 10.2 Å². The number of hydrogen-bond acceptors (Lipinski definition) is 7. The van der Waals surface area contributed by atoms with Gasteiger partial charge in [0.15, 0.2) is 5.69 Å². The Bertz CT molecular complexity index is 1920. The van der Waals surface area contributed by atoms with Crippen LogP contribution in [0.4, 0.5) is 17.1 Å². The summed E-state index contributed by atoms with van der Waals surface area (Å²) in [6.45, 7) is 0.255. The maximum atomic E-state index is 11.9. The largest absolute Gasteiger partial charge is 0.493 e. The van der Waals surface area contributed by atoms with Crippen LogP contribution in [0.25, 0.3) is 21.7 Å². The second-order valence-corrected chi connectivity index (χ2v) is 10.5. The average Bonchev–Trinajstić information content (AvgIpc) is 3.16. The van der Waals surface area contributed by atoms with Gasteiger partial charge in [-0.1, -0.05) is 48.5 Å². The van der Waals surface area contributed by atoms with Gasteiger partial charge < -0.3 is 15.0 Å². The SMILES string of the molecule is NS(=O)(=O)c1ccccc1NC(=S)N=Nc1c(O)n(Cc2ccc3ccccc3c2)c2ccc([N+](=O)[O-])cc12. The van der Waals surface area contributed by atoms with Gasteiger partial charge in [0, 0.05) is 17.5 Å². The normalized spacial score (nSPS) is 11.8. The molecule has 0 unspecified atom stereocenters. The summed E-state index contributed by atoms with van der Waals surface area (Å²) in [6, 6.07) is 23.8. The molecule has 0 radical (unpaired) electrons. The Labute approximate surface area is 227 Å². The fourth-order valence-electron chi connectivity index (χ4n) is 4.26. The maximum Gasteiger partial charge on any atom is 0.270 e. The number of nitrogens with two attached hydrogens (primary N) is 1. The van der Waals surface area contributed by atoms with Gasteiger partial charge in [-0.25, -0.2) is 13.6 Å². The second-order valence-electron chi connectivity index (χ2n) is 8.57. The number of para-hydroxylation sites is 1. The molecule has 5 aromatic rings. The highest BCUT2D eigenvalue weighted by Crippen LogP contribution is 2.41. The zero-order chi connectivity index (χ0) is 27.7. The third kappa shape index (κ3) is 5.31. The lowest BCUT2D eigenvalue weighted by Gasteiger charge is -2.09. The first-order valence-corrected chi connectivity index (χ1v) is 13.4. The summed E-state index contributed by atoms with van der Waals surface area (Å²) >= 11 is 5.20. The Morgan fingerprint density at radius 1 is 1.03 bits per heavy atom. The molecule has 4 aromatic carbocycles. The summed E-state index contributed by atoms with van der Waals surface area (Å²) < 4.78 is 25.3. The van der Waals surface area contributed by atoms with Crippen LogP contribution in [-0.2, 0) is 16.6 Å². The standard InChI is InChI=1S/C26H20N6O5S2/c27-39(36,37)23-8-4-3-7-21(23)28-26(38)30-29-24-20-14-19(32(34)35)11-12-22(20)31(25(24)33)15-16-9-10-17-5-1-2-6-18(17)13-16/h1-14,33H,15H2,(H,28,38)(H2,27,36,37). The molecule has 0 saturated heterocycles. The van der Waals surface area contributed by atoms with Crippen molar-refractivity contribution in [3.8, 4) is 5.88 Å². The van der Waals surface area contributed by atoms with Gasteiger partial charge in [0.25, 0.3) is 5.69 Å². The van der Waals surface area contributed by atoms with Gasteiger partial charge in [-0.3, -0.25) is 10.1 Å². The number of nitrogens with one attached hydrogen (secondary N) is 1. The zero-order valence-corrected chi connectivity index (χ0v) is 21.7. The Hall–Kier alpha value is -4.72. The molecular formula is C26H20N6O5S2. The number of aromatic hydroxyl groups is 1. The van der Waals surface area contributed by atoms with Gasteiger partial charge >= 0.3 is 0 Å². The van der Waals surface area contributed by atoms with Crippen molar-refractivity contribution in [3.05, 3.63) is 101 Å². The number of hydrogen-bond donors (Lipinski definition) is 3. The van der Waals surface area contributed by atoms with Crippen LogP contribution in [0.15, 0.2) is 100 Å². The van der Waals surface area contributed by atoms with Gasteiger partial charge in [0.2, 0.25) is 21.0 Å². The lowest BCUT2D eigenvalue weighted by atomic mass is 10.1. The minimum atomic E-state index is -4.04. The van der Waals surface area contributed by atoms with E-state index in [1.54, 1.807) is 10.6 Å². The van der Waals surface area contributed by atoms with Crippen LogP contribution in [0.1, 0.15) is 5.56 Å². The number of nitrogens with zero attached hydrogens (tertiary/aromatic N) is 4. The highest BCUT2D eigenvalue weighted by molar-refractivity contribution is 7.89. The van der Waals surface area contributed by atoms with E-state index in [2.05, 4.69) is 15.5 Å². The van der Waals surface area contributed by atoms with Crippen molar-refractivity contribution in [2.75, 3.05) is 5.32 Å². The first-order chi connectivity index (χ1) is 18.6. The van der Waals surface area contributed by atoms with Crippen molar-refractivity contribution >= 4 is 66.1 Å². The molecule has 11 nitrogen and oxygen atoms in total. The van der Waals surface area contributed by atoms with E-state index < -0.39 is 14.9 Å². The number of anilines is 1. The molecule has 1 heterocycles. The number of primary sulfonamides is 1. The molecule has 0 atom stereocenters. The molecule has 0 aliphatic heterocycles. The fourth-order valence-corrected chi connectivity index (χ4v) is 5.10. The summed E-state index contributed by atoms with van der Waals surface area (Å²) in [7, 11) is -4.04. The van der Waals surface area contributed by atoms with Crippen molar-refractivity contribution in [2.24, 2.45) is 15.4 Å². The lowest BCUT2D eigenvalue weighted by molar-refractivity contribution is -0.384. The van der Waals surface area contributed by atoms with Crippen LogP contribution in [-0.4, -0.2) is 28.1 Å². The van der Waals surface area contributed by atoms with Crippen LogP contribution in [0.3, 0.4) is 0 Å². The third-order valence-electron chi connectivity index (χ3n) is 6.03. The number of rotatable bonds is 6. The second kappa shape index (κ2) is 10.2. The van der Waals surface area contributed by atoms with E-state index in [1.807, 2.05) is 42.5 Å². The molecule has 1 aromatic heterocycles. The quantitative estimate of drug-likeness (QED) is 0.105. The molecule has 0 fully saturated rings. The molecule has 0 bridgehead atoms. The molecule has 13 heteroatoms. The minimum absolute atomic E-state index is 0.0293. The Kier molecular flexibility index (Phi) is 6.78. The van der Waals surface area contributed by atoms with Crippen molar-refractivity contribution in [3.63, 3.8) is 0 Å². The van der Waals surface area contributed by atoms with Gasteiger partial charge in [0.1, 0.15) is 4.90 Å². The first-order valence-electron chi connectivity index (χ1n) is 11.4. The molecule has 4 N–H and O–H groups in total. The summed E-state index contributed by atoms with van der Waals surface area (Å²) in [5.74, 6) is -0.268. The predicted octanol–water partition coefficient (Wildman–Crippen LogP) is 5.58. The van der Waals surface area contributed by atoms with E-state index in [0.717, 1.165) is 16.3 Å². The molecule has 0 amide bonds. The summed E-state index contributed by atoms with van der Waals surface area (Å²) in [5, 5.41) is 40.7. The number of non-ortho nitro benzene ring substituents is 1. The maximum absolute atomic E-state index is 11.9. The van der Waals surface area contributed by atoms with Crippen molar-refractivity contribution in [1.82, 2.24) is 4.57 Å².